The highest BCUT2D eigenvalue weighted by molar-refractivity contribution is 5.99. The van der Waals surface area contributed by atoms with Gasteiger partial charge in [-0.2, -0.15) is 0 Å². The summed E-state index contributed by atoms with van der Waals surface area (Å²) in [6.07, 6.45) is 1.81. The molecule has 1 fully saturated rings. The topological polar surface area (TPSA) is 60.5 Å². The fraction of sp³-hybridized carbons (Fsp3) is 0.294. The van der Waals surface area contributed by atoms with Crippen LogP contribution in [0.3, 0.4) is 0 Å². The van der Waals surface area contributed by atoms with E-state index in [0.29, 0.717) is 5.82 Å². The number of anilines is 3. The van der Waals surface area contributed by atoms with Crippen LogP contribution in [0.4, 0.5) is 22.0 Å². The molecule has 0 unspecified atom stereocenters. The number of benzene rings is 1. The standard InChI is InChI=1S/C17H21N5O/c1-21-9-11-22(12-10-21)15-7-8-16(18-13-15)20-17(23)19-14-5-3-2-4-6-14/h2-8,13H,9-12H2,1H3,(H2,18,19,20,23). The maximum Gasteiger partial charge on any atom is 0.324 e. The van der Waals surface area contributed by atoms with Crippen molar-refractivity contribution in [3.63, 3.8) is 0 Å². The van der Waals surface area contributed by atoms with Crippen LogP contribution in [0.1, 0.15) is 0 Å². The Morgan fingerprint density at radius 1 is 1.00 bits per heavy atom. The molecule has 2 N–H and O–H groups in total. The highest BCUT2D eigenvalue weighted by Gasteiger charge is 2.14. The number of likely N-dealkylation sites (N-methyl/N-ethyl adjacent to an activating group) is 1. The van der Waals surface area contributed by atoms with E-state index in [1.165, 1.54) is 0 Å². The number of pyridine rings is 1. The minimum Gasteiger partial charge on any atom is -0.368 e. The Morgan fingerprint density at radius 2 is 1.74 bits per heavy atom. The van der Waals surface area contributed by atoms with Crippen LogP contribution in [0.15, 0.2) is 48.7 Å². The number of hydrogen-bond acceptors (Lipinski definition) is 4. The van der Waals surface area contributed by atoms with Gasteiger partial charge in [-0.05, 0) is 31.3 Å². The number of hydrogen-bond donors (Lipinski definition) is 2. The number of nitrogens with one attached hydrogen (secondary N) is 2. The second-order valence-corrected chi connectivity index (χ2v) is 5.64. The molecular weight excluding hydrogens is 290 g/mol. The molecule has 0 saturated carbocycles. The lowest BCUT2D eigenvalue weighted by molar-refractivity contribution is 0.262. The first kappa shape index (κ1) is 15.3. The third-order valence-electron chi connectivity index (χ3n) is 3.89. The number of carbonyl (C=O) groups excluding carboxylic acids is 1. The molecule has 0 spiro atoms. The van der Waals surface area contributed by atoms with Crippen molar-refractivity contribution in [2.24, 2.45) is 0 Å². The van der Waals surface area contributed by atoms with Gasteiger partial charge in [-0.15, -0.1) is 0 Å². The summed E-state index contributed by atoms with van der Waals surface area (Å²) in [7, 11) is 2.13. The number of amides is 2. The molecule has 23 heavy (non-hydrogen) atoms. The molecule has 2 aromatic rings. The minimum absolute atomic E-state index is 0.295. The summed E-state index contributed by atoms with van der Waals surface area (Å²) in [5.74, 6) is 0.538. The molecule has 1 aromatic heterocycles. The lowest BCUT2D eigenvalue weighted by atomic mass is 10.3. The summed E-state index contributed by atoms with van der Waals surface area (Å²) in [5.41, 5.74) is 1.84. The number of para-hydroxylation sites is 1. The van der Waals surface area contributed by atoms with Gasteiger partial charge in [0, 0.05) is 31.9 Å². The van der Waals surface area contributed by atoms with Crippen LogP contribution in [0.2, 0.25) is 0 Å². The average molecular weight is 311 g/mol. The molecular formula is C17H21N5O. The van der Waals surface area contributed by atoms with Crippen LogP contribution in [0.25, 0.3) is 0 Å². The summed E-state index contributed by atoms with van der Waals surface area (Å²) < 4.78 is 0. The Hall–Kier alpha value is -2.60. The molecule has 0 atom stereocenters. The number of carbonyl (C=O) groups is 1. The van der Waals surface area contributed by atoms with Gasteiger partial charge < -0.3 is 15.1 Å². The van der Waals surface area contributed by atoms with Crippen molar-refractivity contribution in [3.8, 4) is 0 Å². The normalized spacial score (nSPS) is 15.3. The fourth-order valence-corrected chi connectivity index (χ4v) is 2.51. The highest BCUT2D eigenvalue weighted by Crippen LogP contribution is 2.17. The average Bonchev–Trinajstić information content (AvgIpc) is 2.57. The molecule has 6 nitrogen and oxygen atoms in total. The molecule has 6 heteroatoms. The van der Waals surface area contributed by atoms with Gasteiger partial charge in [0.25, 0.3) is 0 Å². The van der Waals surface area contributed by atoms with Crippen molar-refractivity contribution in [2.45, 2.75) is 0 Å². The molecule has 120 valence electrons. The first-order chi connectivity index (χ1) is 11.2. The summed E-state index contributed by atoms with van der Waals surface area (Å²) in [6, 6.07) is 12.9. The predicted octanol–water partition coefficient (Wildman–Crippen LogP) is 2.48. The second-order valence-electron chi connectivity index (χ2n) is 5.64. The molecule has 0 radical (unpaired) electrons. The van der Waals surface area contributed by atoms with Crippen LogP contribution in [-0.4, -0.2) is 49.1 Å². The number of rotatable bonds is 3. The molecule has 1 aliphatic heterocycles. The Bertz CT molecular complexity index is 636. The molecule has 1 aliphatic rings. The van der Waals surface area contributed by atoms with Crippen LogP contribution in [0, 0.1) is 0 Å². The van der Waals surface area contributed by atoms with Crippen LogP contribution < -0.4 is 15.5 Å². The Kier molecular flexibility index (Phi) is 4.73. The van der Waals surface area contributed by atoms with Gasteiger partial charge >= 0.3 is 6.03 Å². The van der Waals surface area contributed by atoms with Gasteiger partial charge in [0.1, 0.15) is 5.82 Å². The molecule has 1 aromatic carbocycles. The predicted molar refractivity (Wildman–Crippen MR) is 93.0 cm³/mol. The van der Waals surface area contributed by atoms with Crippen LogP contribution >= 0.6 is 0 Å². The smallest absolute Gasteiger partial charge is 0.324 e. The van der Waals surface area contributed by atoms with E-state index in [-0.39, 0.29) is 6.03 Å². The van der Waals surface area contributed by atoms with E-state index in [0.717, 1.165) is 37.6 Å². The van der Waals surface area contributed by atoms with Gasteiger partial charge in [0.15, 0.2) is 0 Å². The summed E-state index contributed by atoms with van der Waals surface area (Å²) >= 11 is 0. The van der Waals surface area contributed by atoms with Crippen LogP contribution in [0.5, 0.6) is 0 Å². The van der Waals surface area contributed by atoms with Crippen molar-refractivity contribution >= 4 is 23.2 Å². The van der Waals surface area contributed by atoms with Gasteiger partial charge in [-0.25, -0.2) is 9.78 Å². The third kappa shape index (κ3) is 4.20. The van der Waals surface area contributed by atoms with Crippen molar-refractivity contribution in [3.05, 3.63) is 48.7 Å². The lowest BCUT2D eigenvalue weighted by Crippen LogP contribution is -2.44. The lowest BCUT2D eigenvalue weighted by Gasteiger charge is -2.33. The molecule has 3 rings (SSSR count). The summed E-state index contributed by atoms with van der Waals surface area (Å²) in [6.45, 7) is 4.11. The number of aromatic nitrogens is 1. The van der Waals surface area contributed by atoms with E-state index in [9.17, 15) is 4.79 Å². The third-order valence-corrected chi connectivity index (χ3v) is 3.89. The second kappa shape index (κ2) is 7.11. The van der Waals surface area contributed by atoms with Crippen molar-refractivity contribution in [1.82, 2.24) is 9.88 Å². The maximum atomic E-state index is 11.9. The Balaban J connectivity index is 1.56. The van der Waals surface area contributed by atoms with Crippen molar-refractivity contribution < 1.29 is 4.79 Å². The van der Waals surface area contributed by atoms with E-state index in [1.807, 2.05) is 48.7 Å². The number of piperazine rings is 1. The van der Waals surface area contributed by atoms with Crippen molar-refractivity contribution in [1.29, 1.82) is 0 Å². The maximum absolute atomic E-state index is 11.9. The number of nitrogens with zero attached hydrogens (tertiary/aromatic N) is 3. The molecule has 2 heterocycles. The Morgan fingerprint density at radius 3 is 2.39 bits per heavy atom. The monoisotopic (exact) mass is 311 g/mol. The van der Waals surface area contributed by atoms with E-state index in [2.05, 4.69) is 32.5 Å². The van der Waals surface area contributed by atoms with Crippen molar-refractivity contribution in [2.75, 3.05) is 48.8 Å². The van der Waals surface area contributed by atoms with E-state index in [1.54, 1.807) is 0 Å². The van der Waals surface area contributed by atoms with Gasteiger partial charge in [-0.3, -0.25) is 5.32 Å². The summed E-state index contributed by atoms with van der Waals surface area (Å²) in [4.78, 5) is 20.9. The summed E-state index contributed by atoms with van der Waals surface area (Å²) in [5, 5.41) is 5.51. The minimum atomic E-state index is -0.295. The SMILES string of the molecule is CN1CCN(c2ccc(NC(=O)Nc3ccccc3)nc2)CC1. The van der Waals surface area contributed by atoms with Gasteiger partial charge in [-0.1, -0.05) is 18.2 Å². The number of urea groups is 1. The van der Waals surface area contributed by atoms with Gasteiger partial charge in [0.05, 0.1) is 11.9 Å². The first-order valence-electron chi connectivity index (χ1n) is 7.73. The van der Waals surface area contributed by atoms with E-state index in [4.69, 9.17) is 0 Å². The fourth-order valence-electron chi connectivity index (χ4n) is 2.51. The van der Waals surface area contributed by atoms with E-state index < -0.39 is 0 Å². The molecule has 0 bridgehead atoms. The first-order valence-corrected chi connectivity index (χ1v) is 7.73. The Labute approximate surface area is 136 Å². The zero-order valence-corrected chi connectivity index (χ0v) is 13.2. The van der Waals surface area contributed by atoms with E-state index >= 15 is 0 Å². The van der Waals surface area contributed by atoms with Crippen LogP contribution in [-0.2, 0) is 0 Å². The molecule has 0 aliphatic carbocycles. The quantitative estimate of drug-likeness (QED) is 0.914. The zero-order chi connectivity index (χ0) is 16.1. The highest BCUT2D eigenvalue weighted by atomic mass is 16.2. The molecule has 1 saturated heterocycles. The van der Waals surface area contributed by atoms with Gasteiger partial charge in [0.2, 0.25) is 0 Å². The zero-order valence-electron chi connectivity index (χ0n) is 13.2. The molecule has 2 amide bonds. The largest absolute Gasteiger partial charge is 0.368 e.